The summed E-state index contributed by atoms with van der Waals surface area (Å²) < 4.78 is 7.36. The molecule has 9 heteroatoms. The maximum absolute atomic E-state index is 13.1. The summed E-state index contributed by atoms with van der Waals surface area (Å²) in [5, 5.41) is 3.61. The Labute approximate surface area is 184 Å². The first-order valence-corrected chi connectivity index (χ1v) is 10.0. The standard InChI is InChI=1S/C22H23ClN4O4/c1-14(2)27-21(29)25-20(24-18-10-6-16(7-11-18)19(28)13-31-3)26(22(27)30)12-15-4-8-17(23)9-5-15/h4-11,14H,12-13H2,1-3H3,(H,24,25,29). The number of nitrogens with zero attached hydrogens (tertiary/aromatic N) is 3. The van der Waals surface area contributed by atoms with Gasteiger partial charge in [-0.1, -0.05) is 23.7 Å². The van der Waals surface area contributed by atoms with Gasteiger partial charge in [0.15, 0.2) is 5.78 Å². The number of methoxy groups -OCH3 is 1. The van der Waals surface area contributed by atoms with Crippen molar-refractivity contribution in [1.82, 2.24) is 14.1 Å². The number of aromatic nitrogens is 3. The Balaban J connectivity index is 2.00. The number of Topliss-reactive ketones (excluding diaryl/α,β-unsaturated/α-hetero) is 1. The van der Waals surface area contributed by atoms with Crippen LogP contribution in [0, 0.1) is 0 Å². The molecule has 0 saturated heterocycles. The number of hydrogen-bond acceptors (Lipinski definition) is 6. The van der Waals surface area contributed by atoms with Crippen LogP contribution < -0.4 is 16.7 Å². The predicted octanol–water partition coefficient (Wildman–Crippen LogP) is 3.26. The lowest BCUT2D eigenvalue weighted by Gasteiger charge is -2.17. The van der Waals surface area contributed by atoms with Crippen LogP contribution in [0.3, 0.4) is 0 Å². The van der Waals surface area contributed by atoms with Crippen molar-refractivity contribution < 1.29 is 9.53 Å². The Bertz CT molecular complexity index is 1180. The first-order chi connectivity index (χ1) is 14.8. The third kappa shape index (κ3) is 5.28. The zero-order valence-electron chi connectivity index (χ0n) is 17.5. The molecule has 0 aliphatic heterocycles. The number of benzene rings is 2. The van der Waals surface area contributed by atoms with Crippen LogP contribution >= 0.6 is 11.6 Å². The molecule has 0 bridgehead atoms. The summed E-state index contributed by atoms with van der Waals surface area (Å²) in [5.41, 5.74) is 0.786. The van der Waals surface area contributed by atoms with Gasteiger partial charge in [-0.15, -0.1) is 0 Å². The van der Waals surface area contributed by atoms with E-state index in [4.69, 9.17) is 16.3 Å². The van der Waals surface area contributed by atoms with Gasteiger partial charge in [0.05, 0.1) is 6.54 Å². The molecule has 3 rings (SSSR count). The normalized spacial score (nSPS) is 11.0. The van der Waals surface area contributed by atoms with E-state index in [1.54, 1.807) is 62.4 Å². The van der Waals surface area contributed by atoms with Gasteiger partial charge in [-0.25, -0.2) is 14.2 Å². The summed E-state index contributed by atoms with van der Waals surface area (Å²) in [6, 6.07) is 13.4. The van der Waals surface area contributed by atoms with E-state index in [0.717, 1.165) is 10.1 Å². The van der Waals surface area contributed by atoms with Gasteiger partial charge in [-0.2, -0.15) is 4.98 Å². The fraction of sp³-hybridized carbons (Fsp3) is 0.273. The highest BCUT2D eigenvalue weighted by Gasteiger charge is 2.16. The van der Waals surface area contributed by atoms with Gasteiger partial charge in [0.1, 0.15) is 6.61 Å². The number of anilines is 2. The Hall–Kier alpha value is -3.23. The summed E-state index contributed by atoms with van der Waals surface area (Å²) in [7, 11) is 1.46. The number of ketones is 1. The molecular weight excluding hydrogens is 420 g/mol. The molecular formula is C22H23ClN4O4. The van der Waals surface area contributed by atoms with E-state index >= 15 is 0 Å². The van der Waals surface area contributed by atoms with Crippen LogP contribution in [0.25, 0.3) is 0 Å². The second-order valence-electron chi connectivity index (χ2n) is 7.24. The van der Waals surface area contributed by atoms with Crippen LogP contribution in [0.5, 0.6) is 0 Å². The third-order valence-corrected chi connectivity index (χ3v) is 4.86. The van der Waals surface area contributed by atoms with E-state index in [-0.39, 0.29) is 30.9 Å². The van der Waals surface area contributed by atoms with Crippen molar-refractivity contribution in [3.63, 3.8) is 0 Å². The molecule has 3 aromatic rings. The Morgan fingerprint density at radius 3 is 2.32 bits per heavy atom. The second kappa shape index (κ2) is 9.72. The number of halogens is 1. The molecule has 1 heterocycles. The van der Waals surface area contributed by atoms with Gasteiger partial charge >= 0.3 is 11.4 Å². The van der Waals surface area contributed by atoms with Gasteiger partial charge in [0, 0.05) is 29.4 Å². The van der Waals surface area contributed by atoms with Gasteiger partial charge in [0.25, 0.3) is 0 Å². The summed E-state index contributed by atoms with van der Waals surface area (Å²) >= 11 is 5.96. The topological polar surface area (TPSA) is 95.2 Å². The fourth-order valence-electron chi connectivity index (χ4n) is 3.04. The molecule has 0 saturated carbocycles. The van der Waals surface area contributed by atoms with Crippen molar-refractivity contribution in [3.8, 4) is 0 Å². The largest absolute Gasteiger partial charge is 0.377 e. The first-order valence-electron chi connectivity index (χ1n) is 9.67. The minimum absolute atomic E-state index is 0.0115. The number of ether oxygens (including phenoxy) is 1. The number of hydrogen-bond donors (Lipinski definition) is 1. The van der Waals surface area contributed by atoms with Crippen LogP contribution in [0.4, 0.5) is 11.6 Å². The maximum Gasteiger partial charge on any atom is 0.355 e. The van der Waals surface area contributed by atoms with Crippen molar-refractivity contribution in [2.24, 2.45) is 0 Å². The molecule has 1 N–H and O–H groups in total. The average molecular weight is 443 g/mol. The fourth-order valence-corrected chi connectivity index (χ4v) is 3.17. The predicted molar refractivity (Wildman–Crippen MR) is 120 cm³/mol. The Morgan fingerprint density at radius 1 is 1.10 bits per heavy atom. The number of rotatable bonds is 8. The SMILES string of the molecule is COCC(=O)c1ccc(Nc2nc(=O)n(C(C)C)c(=O)n2Cc2ccc(Cl)cc2)cc1. The van der Waals surface area contributed by atoms with Crippen molar-refractivity contribution in [2.75, 3.05) is 19.0 Å². The van der Waals surface area contributed by atoms with Gasteiger partial charge in [0.2, 0.25) is 5.95 Å². The van der Waals surface area contributed by atoms with Crippen molar-refractivity contribution in [1.29, 1.82) is 0 Å². The lowest BCUT2D eigenvalue weighted by molar-refractivity contribution is 0.0848. The lowest BCUT2D eigenvalue weighted by atomic mass is 10.1. The zero-order chi connectivity index (χ0) is 22.5. The number of carbonyl (C=O) groups is 1. The smallest absolute Gasteiger partial charge is 0.355 e. The lowest BCUT2D eigenvalue weighted by Crippen LogP contribution is -2.43. The summed E-state index contributed by atoms with van der Waals surface area (Å²) in [5.74, 6) is -0.0378. The monoisotopic (exact) mass is 442 g/mol. The van der Waals surface area contributed by atoms with Gasteiger partial charge in [-0.05, 0) is 55.8 Å². The van der Waals surface area contributed by atoms with E-state index in [9.17, 15) is 14.4 Å². The Morgan fingerprint density at radius 2 is 1.74 bits per heavy atom. The highest BCUT2D eigenvalue weighted by atomic mass is 35.5. The first kappa shape index (κ1) is 22.5. The number of nitrogens with one attached hydrogen (secondary N) is 1. The van der Waals surface area contributed by atoms with Gasteiger partial charge in [-0.3, -0.25) is 9.36 Å². The summed E-state index contributed by atoms with van der Waals surface area (Å²) in [4.78, 5) is 41.6. The molecule has 8 nitrogen and oxygen atoms in total. The van der Waals surface area contributed by atoms with Gasteiger partial charge < -0.3 is 10.1 Å². The van der Waals surface area contributed by atoms with E-state index in [1.165, 1.54) is 11.7 Å². The molecule has 1 aromatic heterocycles. The van der Waals surface area contributed by atoms with E-state index in [2.05, 4.69) is 10.3 Å². The van der Waals surface area contributed by atoms with Crippen molar-refractivity contribution in [2.45, 2.75) is 26.4 Å². The highest BCUT2D eigenvalue weighted by molar-refractivity contribution is 6.30. The van der Waals surface area contributed by atoms with Crippen LogP contribution in [-0.2, 0) is 11.3 Å². The Kier molecular flexibility index (Phi) is 7.04. The van der Waals surface area contributed by atoms with E-state index in [1.807, 2.05) is 0 Å². The quantitative estimate of drug-likeness (QED) is 0.538. The van der Waals surface area contributed by atoms with E-state index in [0.29, 0.717) is 16.3 Å². The van der Waals surface area contributed by atoms with Crippen LogP contribution in [0.2, 0.25) is 5.02 Å². The molecule has 0 fully saturated rings. The molecule has 0 unspecified atom stereocenters. The van der Waals surface area contributed by atoms with Crippen molar-refractivity contribution >= 4 is 29.0 Å². The molecule has 31 heavy (non-hydrogen) atoms. The molecule has 0 amide bonds. The van der Waals surface area contributed by atoms with Crippen LogP contribution in [0.1, 0.15) is 35.8 Å². The molecule has 0 aliphatic rings. The van der Waals surface area contributed by atoms with Crippen LogP contribution in [-0.4, -0.2) is 33.6 Å². The van der Waals surface area contributed by atoms with Crippen molar-refractivity contribution in [3.05, 3.63) is 85.6 Å². The molecule has 0 atom stereocenters. The highest BCUT2D eigenvalue weighted by Crippen LogP contribution is 2.17. The van der Waals surface area contributed by atoms with Crippen LogP contribution in [0.15, 0.2) is 58.1 Å². The zero-order valence-corrected chi connectivity index (χ0v) is 18.2. The molecule has 0 aliphatic carbocycles. The summed E-state index contributed by atoms with van der Waals surface area (Å²) in [6.07, 6.45) is 0. The second-order valence-corrected chi connectivity index (χ2v) is 7.67. The molecule has 0 radical (unpaired) electrons. The minimum atomic E-state index is -0.637. The molecule has 162 valence electrons. The minimum Gasteiger partial charge on any atom is -0.377 e. The van der Waals surface area contributed by atoms with E-state index < -0.39 is 11.4 Å². The average Bonchev–Trinajstić information content (AvgIpc) is 2.72. The number of carbonyl (C=O) groups excluding carboxylic acids is 1. The molecule has 0 spiro atoms. The molecule has 2 aromatic carbocycles. The summed E-state index contributed by atoms with van der Waals surface area (Å²) in [6.45, 7) is 3.69. The third-order valence-electron chi connectivity index (χ3n) is 4.61. The maximum atomic E-state index is 13.1.